The van der Waals surface area contributed by atoms with Crippen LogP contribution in [0, 0.1) is 0 Å². The number of rotatable bonds is 8. The number of hydrogen-bond donors (Lipinski definition) is 2. The molecule has 2 atom stereocenters. The Labute approximate surface area is 91.3 Å². The van der Waals surface area contributed by atoms with Crippen molar-refractivity contribution in [3.05, 3.63) is 0 Å². The summed E-state index contributed by atoms with van der Waals surface area (Å²) in [6.07, 6.45) is 3.40. The van der Waals surface area contributed by atoms with Crippen molar-refractivity contribution in [3.63, 3.8) is 0 Å². The van der Waals surface area contributed by atoms with E-state index >= 15 is 0 Å². The minimum Gasteiger partial charge on any atom is -0.467 e. The zero-order valence-corrected chi connectivity index (χ0v) is 9.61. The molecule has 0 unspecified atom stereocenters. The lowest BCUT2D eigenvalue weighted by atomic mass is 10.0. The molecular formula is C11H22O4. The van der Waals surface area contributed by atoms with Crippen molar-refractivity contribution in [2.45, 2.75) is 57.7 Å². The summed E-state index contributed by atoms with van der Waals surface area (Å²) < 4.78 is 4.33. The van der Waals surface area contributed by atoms with E-state index in [-0.39, 0.29) is 0 Å². The largest absolute Gasteiger partial charge is 0.467 e. The van der Waals surface area contributed by atoms with Gasteiger partial charge in [-0.25, -0.2) is 4.79 Å². The van der Waals surface area contributed by atoms with E-state index in [1.165, 1.54) is 20.0 Å². The number of esters is 1. The van der Waals surface area contributed by atoms with Crippen LogP contribution in [0.25, 0.3) is 0 Å². The molecule has 0 fully saturated rings. The average molecular weight is 218 g/mol. The van der Waals surface area contributed by atoms with Crippen LogP contribution in [0.1, 0.15) is 45.4 Å². The van der Waals surface area contributed by atoms with Gasteiger partial charge in [-0.1, -0.05) is 39.0 Å². The topological polar surface area (TPSA) is 66.8 Å². The van der Waals surface area contributed by atoms with Gasteiger partial charge in [0.2, 0.25) is 0 Å². The number of ether oxygens (including phenoxy) is 1. The SMILES string of the molecule is CCCCCCC[C@@H](O)[C@H](O)C(=O)OC. The van der Waals surface area contributed by atoms with E-state index in [1.54, 1.807) is 0 Å². The Hall–Kier alpha value is -0.610. The maximum atomic E-state index is 10.9. The fourth-order valence-electron chi connectivity index (χ4n) is 1.39. The lowest BCUT2D eigenvalue weighted by Gasteiger charge is -2.15. The van der Waals surface area contributed by atoms with Crippen LogP contribution in [0.3, 0.4) is 0 Å². The molecule has 0 saturated carbocycles. The quantitative estimate of drug-likeness (QED) is 0.475. The Kier molecular flexibility index (Phi) is 8.33. The summed E-state index contributed by atoms with van der Waals surface area (Å²) in [4.78, 5) is 10.9. The molecule has 0 saturated heterocycles. The first kappa shape index (κ1) is 14.4. The van der Waals surface area contributed by atoms with Gasteiger partial charge in [0.05, 0.1) is 13.2 Å². The Morgan fingerprint density at radius 3 is 2.33 bits per heavy atom. The van der Waals surface area contributed by atoms with Gasteiger partial charge >= 0.3 is 5.97 Å². The molecule has 0 spiro atoms. The van der Waals surface area contributed by atoms with Gasteiger partial charge in [0.1, 0.15) is 0 Å². The van der Waals surface area contributed by atoms with Gasteiger partial charge in [0.25, 0.3) is 0 Å². The second-order valence-electron chi connectivity index (χ2n) is 3.74. The van der Waals surface area contributed by atoms with E-state index in [4.69, 9.17) is 0 Å². The summed E-state index contributed by atoms with van der Waals surface area (Å²) in [5.41, 5.74) is 0. The predicted octanol–water partition coefficient (Wildman–Crippen LogP) is 1.24. The molecule has 0 aliphatic rings. The molecule has 0 heterocycles. The van der Waals surface area contributed by atoms with Crippen molar-refractivity contribution < 1.29 is 19.7 Å². The van der Waals surface area contributed by atoms with Gasteiger partial charge in [-0.15, -0.1) is 0 Å². The number of aliphatic hydroxyl groups excluding tert-OH is 2. The highest BCUT2D eigenvalue weighted by atomic mass is 16.5. The molecule has 0 aromatic rings. The zero-order chi connectivity index (χ0) is 11.7. The van der Waals surface area contributed by atoms with Crippen LogP contribution in [-0.4, -0.2) is 35.5 Å². The standard InChI is InChI=1S/C11H22O4/c1-3-4-5-6-7-8-9(12)10(13)11(14)15-2/h9-10,12-13H,3-8H2,1-2H3/t9-,10+/m1/s1. The van der Waals surface area contributed by atoms with Crippen molar-refractivity contribution in [1.82, 2.24) is 0 Å². The molecule has 15 heavy (non-hydrogen) atoms. The Morgan fingerprint density at radius 1 is 1.20 bits per heavy atom. The van der Waals surface area contributed by atoms with Gasteiger partial charge in [-0.2, -0.15) is 0 Å². The highest BCUT2D eigenvalue weighted by Gasteiger charge is 2.24. The van der Waals surface area contributed by atoms with Crippen molar-refractivity contribution in [2.75, 3.05) is 7.11 Å². The van der Waals surface area contributed by atoms with Gasteiger partial charge in [0, 0.05) is 0 Å². The molecule has 4 nitrogen and oxygen atoms in total. The summed E-state index contributed by atoms with van der Waals surface area (Å²) in [6.45, 7) is 2.13. The van der Waals surface area contributed by atoms with E-state index in [0.29, 0.717) is 6.42 Å². The first-order valence-corrected chi connectivity index (χ1v) is 5.57. The third-order valence-electron chi connectivity index (χ3n) is 2.41. The van der Waals surface area contributed by atoms with E-state index in [1.807, 2.05) is 0 Å². The summed E-state index contributed by atoms with van der Waals surface area (Å²) >= 11 is 0. The van der Waals surface area contributed by atoms with Crippen molar-refractivity contribution >= 4 is 5.97 Å². The summed E-state index contributed by atoms with van der Waals surface area (Å²) in [6, 6.07) is 0. The molecule has 0 aromatic carbocycles. The highest BCUT2D eigenvalue weighted by molar-refractivity contribution is 5.74. The first-order chi connectivity index (χ1) is 7.13. The molecule has 0 bridgehead atoms. The number of carbonyl (C=O) groups is 1. The van der Waals surface area contributed by atoms with E-state index in [9.17, 15) is 15.0 Å². The molecule has 0 aromatic heterocycles. The fraction of sp³-hybridized carbons (Fsp3) is 0.909. The van der Waals surface area contributed by atoms with Crippen molar-refractivity contribution in [2.24, 2.45) is 0 Å². The molecule has 4 heteroatoms. The number of hydrogen-bond acceptors (Lipinski definition) is 4. The maximum absolute atomic E-state index is 10.9. The summed E-state index contributed by atoms with van der Waals surface area (Å²) in [7, 11) is 1.19. The first-order valence-electron chi connectivity index (χ1n) is 5.57. The molecule has 0 radical (unpaired) electrons. The Bertz CT molecular complexity index is 170. The fourth-order valence-corrected chi connectivity index (χ4v) is 1.39. The Morgan fingerprint density at radius 2 is 1.80 bits per heavy atom. The number of carbonyl (C=O) groups excluding carboxylic acids is 1. The normalized spacial score (nSPS) is 14.7. The minimum absolute atomic E-state index is 0.444. The van der Waals surface area contributed by atoms with E-state index < -0.39 is 18.2 Å². The summed E-state index contributed by atoms with van der Waals surface area (Å²) in [5.74, 6) is -0.768. The van der Waals surface area contributed by atoms with Crippen LogP contribution in [0.2, 0.25) is 0 Å². The van der Waals surface area contributed by atoms with Crippen LogP contribution in [0.4, 0.5) is 0 Å². The predicted molar refractivity (Wildman–Crippen MR) is 57.4 cm³/mol. The molecule has 90 valence electrons. The van der Waals surface area contributed by atoms with Crippen LogP contribution in [0.5, 0.6) is 0 Å². The number of aliphatic hydroxyl groups is 2. The van der Waals surface area contributed by atoms with Crippen LogP contribution in [0.15, 0.2) is 0 Å². The van der Waals surface area contributed by atoms with Crippen LogP contribution < -0.4 is 0 Å². The van der Waals surface area contributed by atoms with Gasteiger partial charge in [-0.3, -0.25) is 0 Å². The number of methoxy groups -OCH3 is 1. The maximum Gasteiger partial charge on any atom is 0.337 e. The average Bonchev–Trinajstić information content (AvgIpc) is 2.26. The summed E-state index contributed by atoms with van der Waals surface area (Å²) in [5, 5.41) is 18.7. The lowest BCUT2D eigenvalue weighted by molar-refractivity contribution is -0.156. The van der Waals surface area contributed by atoms with E-state index in [0.717, 1.165) is 19.3 Å². The van der Waals surface area contributed by atoms with Crippen LogP contribution in [-0.2, 0) is 9.53 Å². The van der Waals surface area contributed by atoms with Crippen molar-refractivity contribution in [1.29, 1.82) is 0 Å². The smallest absolute Gasteiger partial charge is 0.337 e. The highest BCUT2D eigenvalue weighted by Crippen LogP contribution is 2.10. The minimum atomic E-state index is -1.40. The third-order valence-corrected chi connectivity index (χ3v) is 2.41. The van der Waals surface area contributed by atoms with Gasteiger partial charge in [0.15, 0.2) is 6.10 Å². The van der Waals surface area contributed by atoms with Crippen LogP contribution >= 0.6 is 0 Å². The number of unbranched alkanes of at least 4 members (excludes halogenated alkanes) is 4. The van der Waals surface area contributed by atoms with Gasteiger partial charge < -0.3 is 14.9 Å². The second-order valence-corrected chi connectivity index (χ2v) is 3.74. The third kappa shape index (κ3) is 6.47. The molecular weight excluding hydrogens is 196 g/mol. The van der Waals surface area contributed by atoms with Gasteiger partial charge in [-0.05, 0) is 6.42 Å². The second kappa shape index (κ2) is 8.68. The molecule has 0 amide bonds. The lowest BCUT2D eigenvalue weighted by Crippen LogP contribution is -2.34. The molecule has 0 aliphatic heterocycles. The Balaban J connectivity index is 3.55. The molecule has 0 rings (SSSR count). The molecule has 2 N–H and O–H groups in total. The monoisotopic (exact) mass is 218 g/mol. The van der Waals surface area contributed by atoms with E-state index in [2.05, 4.69) is 11.7 Å². The van der Waals surface area contributed by atoms with Crippen molar-refractivity contribution in [3.8, 4) is 0 Å². The zero-order valence-electron chi connectivity index (χ0n) is 9.61. The molecule has 0 aliphatic carbocycles.